The van der Waals surface area contributed by atoms with E-state index in [9.17, 15) is 9.59 Å². The predicted molar refractivity (Wildman–Crippen MR) is 193 cm³/mol. The van der Waals surface area contributed by atoms with E-state index >= 15 is 0 Å². The first kappa shape index (κ1) is 44.5. The minimum Gasteiger partial charge on any atom is -0.481 e. The quantitative estimate of drug-likeness (QED) is 0.0554. The third kappa shape index (κ3) is 47.4. The molecule has 0 fully saturated rings. The van der Waals surface area contributed by atoms with Crippen molar-refractivity contribution in [2.45, 2.75) is 219 Å². The van der Waals surface area contributed by atoms with Gasteiger partial charge in [0.2, 0.25) is 0 Å². The molecule has 0 aliphatic carbocycles. The highest BCUT2D eigenvalue weighted by Crippen LogP contribution is 2.12. The summed E-state index contributed by atoms with van der Waals surface area (Å²) in [5.41, 5.74) is 0. The zero-order chi connectivity index (χ0) is 32.6. The predicted octanol–water partition coefficient (Wildman–Crippen LogP) is 13.8. The molecule has 44 heavy (non-hydrogen) atoms. The first-order valence-electron chi connectivity index (χ1n) is 19.3. The van der Waals surface area contributed by atoms with Crippen LogP contribution in [0.2, 0.25) is 0 Å². The van der Waals surface area contributed by atoms with E-state index in [1.165, 1.54) is 167 Å². The van der Waals surface area contributed by atoms with E-state index in [2.05, 4.69) is 38.2 Å². The van der Waals surface area contributed by atoms with Gasteiger partial charge in [0.1, 0.15) is 0 Å². The van der Waals surface area contributed by atoms with E-state index in [0.717, 1.165) is 25.7 Å². The van der Waals surface area contributed by atoms with E-state index in [4.69, 9.17) is 10.2 Å². The average molecular weight is 621 g/mol. The Bertz CT molecular complexity index is 571. The third-order valence-corrected chi connectivity index (χ3v) is 8.30. The summed E-state index contributed by atoms with van der Waals surface area (Å²) in [6.07, 6.45) is 48.4. The number of unbranched alkanes of at least 4 members (excludes halogenated alkanes) is 26. The number of carboxylic acid groups (broad SMARTS) is 2. The summed E-state index contributed by atoms with van der Waals surface area (Å²) in [6.45, 7) is 4.54. The molecule has 0 saturated carbocycles. The Hall–Kier alpha value is -1.58. The van der Waals surface area contributed by atoms with Crippen molar-refractivity contribution >= 4 is 11.9 Å². The van der Waals surface area contributed by atoms with E-state index < -0.39 is 11.9 Å². The first-order chi connectivity index (χ1) is 21.5. The van der Waals surface area contributed by atoms with Crippen LogP contribution in [0.4, 0.5) is 0 Å². The highest BCUT2D eigenvalue weighted by atomic mass is 16.4. The van der Waals surface area contributed by atoms with Gasteiger partial charge in [0.05, 0.1) is 0 Å². The number of rotatable bonds is 34. The lowest BCUT2D eigenvalue weighted by molar-refractivity contribution is -0.138. The van der Waals surface area contributed by atoms with Crippen LogP contribution in [0.15, 0.2) is 24.3 Å². The molecule has 4 nitrogen and oxygen atoms in total. The van der Waals surface area contributed by atoms with Gasteiger partial charge in [-0.2, -0.15) is 0 Å². The molecule has 0 rings (SSSR count). The van der Waals surface area contributed by atoms with Crippen LogP contribution in [0, 0.1) is 0 Å². The van der Waals surface area contributed by atoms with Crippen molar-refractivity contribution in [3.63, 3.8) is 0 Å². The number of allylic oxidation sites excluding steroid dienone is 4. The molecule has 4 heteroatoms. The van der Waals surface area contributed by atoms with Crippen molar-refractivity contribution in [3.05, 3.63) is 24.3 Å². The molecule has 260 valence electrons. The maximum Gasteiger partial charge on any atom is 0.303 e. The van der Waals surface area contributed by atoms with Crippen molar-refractivity contribution in [1.82, 2.24) is 0 Å². The molecule has 0 aromatic carbocycles. The fourth-order valence-electron chi connectivity index (χ4n) is 5.40. The zero-order valence-electron chi connectivity index (χ0n) is 29.6. The number of carbonyl (C=O) groups is 2. The van der Waals surface area contributed by atoms with Crippen molar-refractivity contribution in [2.75, 3.05) is 0 Å². The standard InChI is InChI=1S/2C20H38O2/c2*1-2-3-4-5-6-7-8-9-10-11-12-13-14-15-16-17-18-19-20(21)22/h2*11-12H,2-10,13-19H2,1H3,(H,21,22)/b2*12-11-. The number of aliphatic carboxylic acids is 2. The minimum atomic E-state index is -0.663. The fourth-order valence-corrected chi connectivity index (χ4v) is 5.40. The molecule has 0 aromatic heterocycles. The van der Waals surface area contributed by atoms with Crippen molar-refractivity contribution in [3.8, 4) is 0 Å². The Morgan fingerprint density at radius 2 is 0.545 bits per heavy atom. The van der Waals surface area contributed by atoms with Gasteiger partial charge in [-0.3, -0.25) is 9.59 Å². The maximum atomic E-state index is 10.4. The fraction of sp³-hybridized carbons (Fsp3) is 0.850. The number of hydrogen-bond donors (Lipinski definition) is 2. The summed E-state index contributed by atoms with van der Waals surface area (Å²) >= 11 is 0. The van der Waals surface area contributed by atoms with Crippen molar-refractivity contribution in [2.24, 2.45) is 0 Å². The monoisotopic (exact) mass is 621 g/mol. The molecule has 2 N–H and O–H groups in total. The molecular formula is C40H76O4. The molecule has 0 atom stereocenters. The minimum absolute atomic E-state index is 0.332. The maximum absolute atomic E-state index is 10.4. The van der Waals surface area contributed by atoms with Crippen LogP contribution in [-0.4, -0.2) is 22.2 Å². The van der Waals surface area contributed by atoms with Gasteiger partial charge in [-0.1, -0.05) is 167 Å². The average Bonchev–Trinajstić information content (AvgIpc) is 3.00. The molecule has 0 saturated heterocycles. The van der Waals surface area contributed by atoms with Crippen LogP contribution in [0.25, 0.3) is 0 Å². The Morgan fingerprint density at radius 1 is 0.341 bits per heavy atom. The highest BCUT2D eigenvalue weighted by molar-refractivity contribution is 5.66. The number of carboxylic acids is 2. The summed E-state index contributed by atoms with van der Waals surface area (Å²) in [6, 6.07) is 0. The van der Waals surface area contributed by atoms with Crippen LogP contribution in [-0.2, 0) is 9.59 Å². The summed E-state index contributed by atoms with van der Waals surface area (Å²) in [7, 11) is 0. The molecule has 0 bridgehead atoms. The molecule has 0 spiro atoms. The van der Waals surface area contributed by atoms with Crippen LogP contribution >= 0.6 is 0 Å². The van der Waals surface area contributed by atoms with E-state index in [-0.39, 0.29) is 0 Å². The molecule has 0 radical (unpaired) electrons. The van der Waals surface area contributed by atoms with E-state index in [1.807, 2.05) is 0 Å². The van der Waals surface area contributed by atoms with Gasteiger partial charge in [0.25, 0.3) is 0 Å². The second-order valence-corrected chi connectivity index (χ2v) is 12.9. The summed E-state index contributed by atoms with van der Waals surface area (Å²) < 4.78 is 0. The van der Waals surface area contributed by atoms with Crippen LogP contribution in [0.5, 0.6) is 0 Å². The van der Waals surface area contributed by atoms with Gasteiger partial charge < -0.3 is 10.2 Å². The first-order valence-corrected chi connectivity index (χ1v) is 19.3. The normalized spacial score (nSPS) is 11.3. The number of hydrogen-bond acceptors (Lipinski definition) is 2. The Kier molecular flexibility index (Phi) is 41.9. The SMILES string of the molecule is CCCCCCCCCC/C=C\CCCCCCCC(=O)O.CCCCCCCCCC/C=C\CCCCCCCC(=O)O. The van der Waals surface area contributed by atoms with Gasteiger partial charge in [0, 0.05) is 12.8 Å². The van der Waals surface area contributed by atoms with E-state index in [0.29, 0.717) is 12.8 Å². The summed E-state index contributed by atoms with van der Waals surface area (Å²) in [5, 5.41) is 17.1. The summed E-state index contributed by atoms with van der Waals surface area (Å²) in [5.74, 6) is -1.33. The van der Waals surface area contributed by atoms with Crippen molar-refractivity contribution in [1.29, 1.82) is 0 Å². The van der Waals surface area contributed by atoms with Crippen LogP contribution in [0.1, 0.15) is 219 Å². The summed E-state index contributed by atoms with van der Waals surface area (Å²) in [4.78, 5) is 20.7. The van der Waals surface area contributed by atoms with Gasteiger partial charge in [0.15, 0.2) is 0 Å². The second kappa shape index (κ2) is 41.4. The molecule has 0 amide bonds. The Labute approximate surface area is 275 Å². The van der Waals surface area contributed by atoms with Gasteiger partial charge in [-0.25, -0.2) is 0 Å². The van der Waals surface area contributed by atoms with Crippen molar-refractivity contribution < 1.29 is 19.8 Å². The third-order valence-electron chi connectivity index (χ3n) is 8.30. The van der Waals surface area contributed by atoms with Gasteiger partial charge >= 0.3 is 11.9 Å². The smallest absolute Gasteiger partial charge is 0.303 e. The van der Waals surface area contributed by atoms with Gasteiger partial charge in [-0.15, -0.1) is 0 Å². The lowest BCUT2D eigenvalue weighted by Gasteiger charge is -2.00. The largest absolute Gasteiger partial charge is 0.481 e. The van der Waals surface area contributed by atoms with Gasteiger partial charge in [-0.05, 0) is 64.2 Å². The Balaban J connectivity index is 0. The molecule has 0 unspecified atom stereocenters. The molecular weight excluding hydrogens is 544 g/mol. The van der Waals surface area contributed by atoms with Crippen LogP contribution in [0.3, 0.4) is 0 Å². The van der Waals surface area contributed by atoms with Crippen LogP contribution < -0.4 is 0 Å². The van der Waals surface area contributed by atoms with E-state index in [1.54, 1.807) is 0 Å². The topological polar surface area (TPSA) is 74.6 Å². The molecule has 0 aromatic rings. The highest BCUT2D eigenvalue weighted by Gasteiger charge is 1.97. The lowest BCUT2D eigenvalue weighted by Crippen LogP contribution is -1.93. The zero-order valence-corrected chi connectivity index (χ0v) is 29.6. The lowest BCUT2D eigenvalue weighted by atomic mass is 10.1. The second-order valence-electron chi connectivity index (χ2n) is 12.9. The molecule has 0 aliphatic heterocycles. The Morgan fingerprint density at radius 3 is 0.773 bits per heavy atom. The molecule has 0 heterocycles. The molecule has 0 aliphatic rings.